The van der Waals surface area contributed by atoms with E-state index in [1.165, 1.54) is 11.8 Å². The highest BCUT2D eigenvalue weighted by Crippen LogP contribution is 2.50. The lowest BCUT2D eigenvalue weighted by molar-refractivity contribution is -0.343. The number of imidazole rings is 1. The molecule has 1 saturated carbocycles. The van der Waals surface area contributed by atoms with Gasteiger partial charge in [-0.05, 0) is 38.7 Å². The Morgan fingerprint density at radius 2 is 1.81 bits per heavy atom. The van der Waals surface area contributed by atoms with Crippen LogP contribution in [0.4, 0.5) is 5.82 Å². The number of fused-ring (bicyclic) bond motifs is 4. The summed E-state index contributed by atoms with van der Waals surface area (Å²) in [6, 6.07) is 6.55. The van der Waals surface area contributed by atoms with E-state index in [1.54, 1.807) is 30.6 Å². The van der Waals surface area contributed by atoms with Crippen molar-refractivity contribution in [1.29, 1.82) is 0 Å². The quantitative estimate of drug-likeness (QED) is 0.321. The van der Waals surface area contributed by atoms with Crippen molar-refractivity contribution < 1.29 is 24.2 Å². The molecule has 4 atom stereocenters. The molecule has 1 aromatic carbocycles. The van der Waals surface area contributed by atoms with Crippen LogP contribution in [0.25, 0.3) is 11.2 Å². The van der Waals surface area contributed by atoms with Crippen molar-refractivity contribution in [2.45, 2.75) is 62.8 Å². The van der Waals surface area contributed by atoms with E-state index >= 15 is 0 Å². The molecule has 2 bridgehead atoms. The van der Waals surface area contributed by atoms with Gasteiger partial charge in [-0.15, -0.1) is 0 Å². The lowest BCUT2D eigenvalue weighted by atomic mass is 9.69. The van der Waals surface area contributed by atoms with Crippen LogP contribution in [0.3, 0.4) is 0 Å². The standard InChI is InChI=1S/C25H27N5O5S/c1-24(2)34-16-9-17(35-24)25(3,11-31)10-15(16)29-12-26-18-19(29)27-23(36-4)28-20(18)30-21(32)13-7-5-6-8-14(13)22(30)33/h5-8,12,15-17,31H,9-11H2,1-4H3/t15?,16?,17-,25-/m1/s1. The molecule has 2 aliphatic heterocycles. The van der Waals surface area contributed by atoms with E-state index in [0.717, 1.165) is 4.90 Å². The van der Waals surface area contributed by atoms with Crippen molar-refractivity contribution in [3.05, 3.63) is 41.7 Å². The molecule has 2 amide bonds. The Kier molecular flexibility index (Phi) is 5.28. The fourth-order valence-corrected chi connectivity index (χ4v) is 6.00. The third kappa shape index (κ3) is 3.41. The number of amides is 2. The van der Waals surface area contributed by atoms with E-state index < -0.39 is 23.0 Å². The predicted octanol–water partition coefficient (Wildman–Crippen LogP) is 3.20. The molecule has 10 nitrogen and oxygen atoms in total. The van der Waals surface area contributed by atoms with Crippen molar-refractivity contribution in [3.8, 4) is 0 Å². The lowest BCUT2D eigenvalue weighted by Crippen LogP contribution is -2.58. The van der Waals surface area contributed by atoms with Crippen LogP contribution in [-0.2, 0) is 9.47 Å². The van der Waals surface area contributed by atoms with Gasteiger partial charge in [-0.2, -0.15) is 0 Å². The molecule has 1 aliphatic carbocycles. The van der Waals surface area contributed by atoms with Gasteiger partial charge in [0.2, 0.25) is 0 Å². The molecule has 4 heterocycles. The zero-order chi connectivity index (χ0) is 25.4. The number of hydrogen-bond donors (Lipinski definition) is 1. The monoisotopic (exact) mass is 509 g/mol. The molecular weight excluding hydrogens is 482 g/mol. The number of aliphatic hydroxyl groups is 1. The average Bonchev–Trinajstić information content (AvgIpc) is 3.39. The molecule has 188 valence electrons. The van der Waals surface area contributed by atoms with Gasteiger partial charge in [0, 0.05) is 11.8 Å². The number of thioether (sulfide) groups is 1. The summed E-state index contributed by atoms with van der Waals surface area (Å²) in [5.74, 6) is -1.50. The number of rotatable bonds is 4. The molecule has 2 fully saturated rings. The number of carbonyl (C=O) groups is 2. The maximum atomic E-state index is 13.2. The second kappa shape index (κ2) is 8.07. The zero-order valence-electron chi connectivity index (χ0n) is 20.5. The summed E-state index contributed by atoms with van der Waals surface area (Å²) in [4.78, 5) is 41.4. The highest BCUT2D eigenvalue weighted by Gasteiger charge is 2.53. The summed E-state index contributed by atoms with van der Waals surface area (Å²) < 4.78 is 14.4. The molecular formula is C25H27N5O5S. The summed E-state index contributed by atoms with van der Waals surface area (Å²) in [5, 5.41) is 10.7. The molecule has 1 saturated heterocycles. The van der Waals surface area contributed by atoms with Crippen molar-refractivity contribution >= 4 is 40.6 Å². The Hall–Kier alpha value is -2.86. The van der Waals surface area contributed by atoms with Gasteiger partial charge in [0.25, 0.3) is 11.8 Å². The van der Waals surface area contributed by atoms with Gasteiger partial charge in [0.1, 0.15) is 0 Å². The third-order valence-corrected chi connectivity index (χ3v) is 8.03. The number of hydrogen-bond acceptors (Lipinski definition) is 9. The number of ether oxygens (including phenoxy) is 2. The molecule has 0 spiro atoms. The fourth-order valence-electron chi connectivity index (χ4n) is 5.64. The Morgan fingerprint density at radius 3 is 2.44 bits per heavy atom. The van der Waals surface area contributed by atoms with Gasteiger partial charge in [-0.3, -0.25) is 9.59 Å². The number of aliphatic hydroxyl groups excluding tert-OH is 1. The van der Waals surface area contributed by atoms with Gasteiger partial charge >= 0.3 is 0 Å². The second-order valence-electron chi connectivity index (χ2n) is 10.3. The number of benzene rings is 1. The van der Waals surface area contributed by atoms with Crippen LogP contribution in [-0.4, -0.2) is 67.3 Å². The van der Waals surface area contributed by atoms with Crippen LogP contribution in [0.15, 0.2) is 35.7 Å². The fraction of sp³-hybridized carbons (Fsp3) is 0.480. The lowest BCUT2D eigenvalue weighted by Gasteiger charge is -2.54. The maximum absolute atomic E-state index is 13.2. The normalized spacial score (nSPS) is 29.1. The average molecular weight is 510 g/mol. The minimum Gasteiger partial charge on any atom is -0.396 e. The Bertz CT molecular complexity index is 1370. The maximum Gasteiger partial charge on any atom is 0.267 e. The van der Waals surface area contributed by atoms with Crippen molar-refractivity contribution in [1.82, 2.24) is 19.5 Å². The largest absolute Gasteiger partial charge is 0.396 e. The molecule has 36 heavy (non-hydrogen) atoms. The third-order valence-electron chi connectivity index (χ3n) is 7.48. The minimum absolute atomic E-state index is 0.0328. The molecule has 3 aromatic rings. The van der Waals surface area contributed by atoms with Gasteiger partial charge in [-0.25, -0.2) is 19.9 Å². The number of carbonyl (C=O) groups excluding carboxylic acids is 2. The number of imide groups is 1. The van der Waals surface area contributed by atoms with Crippen LogP contribution >= 0.6 is 11.8 Å². The molecule has 0 radical (unpaired) electrons. The number of aromatic nitrogens is 4. The van der Waals surface area contributed by atoms with Gasteiger partial charge in [0.05, 0.1) is 42.3 Å². The van der Waals surface area contributed by atoms with Crippen molar-refractivity contribution in [2.24, 2.45) is 5.41 Å². The molecule has 6 rings (SSSR count). The highest BCUT2D eigenvalue weighted by atomic mass is 32.2. The summed E-state index contributed by atoms with van der Waals surface area (Å²) in [5.41, 5.74) is 1.07. The predicted molar refractivity (Wildman–Crippen MR) is 132 cm³/mol. The van der Waals surface area contributed by atoms with Crippen LogP contribution in [0.2, 0.25) is 0 Å². The molecule has 1 N–H and O–H groups in total. The summed E-state index contributed by atoms with van der Waals surface area (Å²) in [6.07, 6.45) is 4.38. The SMILES string of the molecule is CSc1nc(N2C(=O)c3ccccc3C2=O)c2ncn(C3C[C@](C)(CO)[C@H]4CC3OC(C)(C)O4)c2n1. The Labute approximate surface area is 212 Å². The molecule has 3 aliphatic rings. The topological polar surface area (TPSA) is 120 Å². The highest BCUT2D eigenvalue weighted by molar-refractivity contribution is 7.98. The van der Waals surface area contributed by atoms with E-state index in [9.17, 15) is 14.7 Å². The smallest absolute Gasteiger partial charge is 0.267 e. The van der Waals surface area contributed by atoms with E-state index in [-0.39, 0.29) is 30.7 Å². The van der Waals surface area contributed by atoms with Gasteiger partial charge < -0.3 is 19.1 Å². The first-order chi connectivity index (χ1) is 17.2. The van der Waals surface area contributed by atoms with Crippen molar-refractivity contribution in [3.63, 3.8) is 0 Å². The summed E-state index contributed by atoms with van der Waals surface area (Å²) in [7, 11) is 0. The first kappa shape index (κ1) is 23.5. The molecule has 2 aromatic heterocycles. The van der Waals surface area contributed by atoms with E-state index in [0.29, 0.717) is 40.3 Å². The summed E-state index contributed by atoms with van der Waals surface area (Å²) in [6.45, 7) is 5.75. The van der Waals surface area contributed by atoms with E-state index in [1.807, 2.05) is 31.6 Å². The van der Waals surface area contributed by atoms with E-state index in [4.69, 9.17) is 14.5 Å². The molecule has 11 heteroatoms. The van der Waals surface area contributed by atoms with Crippen LogP contribution in [0.1, 0.15) is 60.4 Å². The van der Waals surface area contributed by atoms with Gasteiger partial charge in [-0.1, -0.05) is 30.8 Å². The van der Waals surface area contributed by atoms with Crippen LogP contribution < -0.4 is 4.90 Å². The Morgan fingerprint density at radius 1 is 1.11 bits per heavy atom. The van der Waals surface area contributed by atoms with E-state index in [2.05, 4.69) is 9.97 Å². The van der Waals surface area contributed by atoms with Crippen LogP contribution in [0.5, 0.6) is 0 Å². The first-order valence-corrected chi connectivity index (χ1v) is 13.1. The summed E-state index contributed by atoms with van der Waals surface area (Å²) >= 11 is 1.32. The first-order valence-electron chi connectivity index (χ1n) is 11.9. The Balaban J connectivity index is 1.48. The van der Waals surface area contributed by atoms with Crippen LogP contribution in [0, 0.1) is 5.41 Å². The zero-order valence-corrected chi connectivity index (χ0v) is 21.3. The minimum atomic E-state index is -0.802. The van der Waals surface area contributed by atoms with Crippen molar-refractivity contribution in [2.75, 3.05) is 17.8 Å². The second-order valence-corrected chi connectivity index (χ2v) is 11.1. The number of nitrogens with zero attached hydrogens (tertiary/aromatic N) is 5. The number of anilines is 1. The molecule has 2 unspecified atom stereocenters. The van der Waals surface area contributed by atoms with Gasteiger partial charge in [0.15, 0.2) is 27.9 Å².